The van der Waals surface area contributed by atoms with Gasteiger partial charge < -0.3 is 14.2 Å². The van der Waals surface area contributed by atoms with E-state index in [1.165, 1.54) is 10.5 Å². The highest BCUT2D eigenvalue weighted by atomic mass is 32.2. The van der Waals surface area contributed by atoms with Crippen LogP contribution >= 0.6 is 11.8 Å². The molecule has 0 fully saturated rings. The molecule has 130 valence electrons. The van der Waals surface area contributed by atoms with Crippen LogP contribution in [0.2, 0.25) is 0 Å². The summed E-state index contributed by atoms with van der Waals surface area (Å²) in [5.74, 6) is 1.48. The molecule has 0 aliphatic carbocycles. The molecule has 0 aromatic heterocycles. The van der Waals surface area contributed by atoms with Crippen LogP contribution in [0.1, 0.15) is 18.4 Å². The zero-order valence-electron chi connectivity index (χ0n) is 14.5. The van der Waals surface area contributed by atoms with Crippen LogP contribution in [0.15, 0.2) is 71.2 Å². The van der Waals surface area contributed by atoms with E-state index >= 15 is 0 Å². The van der Waals surface area contributed by atoms with Gasteiger partial charge in [0.2, 0.25) is 0 Å². The van der Waals surface area contributed by atoms with Crippen molar-refractivity contribution in [3.63, 3.8) is 0 Å². The maximum atomic E-state index is 5.88. The molecule has 0 bridgehead atoms. The average molecular weight is 354 g/mol. The van der Waals surface area contributed by atoms with Crippen molar-refractivity contribution in [1.29, 1.82) is 0 Å². The van der Waals surface area contributed by atoms with Gasteiger partial charge in [-0.3, -0.25) is 0 Å². The quantitative estimate of drug-likeness (QED) is 0.638. The van der Waals surface area contributed by atoms with E-state index in [1.54, 1.807) is 26.0 Å². The van der Waals surface area contributed by atoms with Gasteiger partial charge in [0.15, 0.2) is 11.5 Å². The minimum absolute atomic E-state index is 0.125. The largest absolute Gasteiger partial charge is 0.494 e. The first-order valence-corrected chi connectivity index (χ1v) is 9.13. The van der Waals surface area contributed by atoms with E-state index in [1.807, 2.05) is 42.7 Å². The Morgan fingerprint density at radius 2 is 1.84 bits per heavy atom. The minimum atomic E-state index is 0.125. The van der Waals surface area contributed by atoms with E-state index in [0.717, 1.165) is 29.9 Å². The fraction of sp³-hybridized carbons (Fsp3) is 0.238. The van der Waals surface area contributed by atoms with E-state index in [2.05, 4.69) is 23.6 Å². The Morgan fingerprint density at radius 3 is 2.52 bits per heavy atom. The molecule has 1 atom stereocenters. The van der Waals surface area contributed by atoms with E-state index in [-0.39, 0.29) is 6.10 Å². The van der Waals surface area contributed by atoms with Gasteiger partial charge in [-0.05, 0) is 59.7 Å². The number of hydrogen-bond donors (Lipinski definition) is 0. The average Bonchev–Trinajstić information content (AvgIpc) is 2.69. The van der Waals surface area contributed by atoms with Gasteiger partial charge in [-0.15, -0.1) is 0 Å². The van der Waals surface area contributed by atoms with Crippen molar-refractivity contribution in [2.45, 2.75) is 23.8 Å². The van der Waals surface area contributed by atoms with Crippen molar-refractivity contribution >= 4 is 17.3 Å². The van der Waals surface area contributed by atoms with Gasteiger partial charge in [-0.2, -0.15) is 0 Å². The van der Waals surface area contributed by atoms with Gasteiger partial charge >= 0.3 is 0 Å². The first-order chi connectivity index (χ1) is 12.3. The molecule has 3 rings (SSSR count). The van der Waals surface area contributed by atoms with E-state index in [4.69, 9.17) is 14.2 Å². The molecule has 1 aliphatic rings. The predicted octanol–water partition coefficient (Wildman–Crippen LogP) is 5.53. The lowest BCUT2D eigenvalue weighted by atomic mass is 9.98. The molecule has 0 N–H and O–H groups in total. The van der Waals surface area contributed by atoms with Crippen molar-refractivity contribution in [3.8, 4) is 11.5 Å². The molecule has 1 aliphatic heterocycles. The SMILES string of the molecule is COc1ccc(C2=CO[C@H](/C=C\Sc3ccccc3)CC2)cc1OC. The Morgan fingerprint density at radius 1 is 1.04 bits per heavy atom. The molecule has 0 spiro atoms. The Hall–Kier alpha value is -2.33. The molecule has 0 amide bonds. The molecule has 25 heavy (non-hydrogen) atoms. The van der Waals surface area contributed by atoms with Crippen molar-refractivity contribution in [1.82, 2.24) is 0 Å². The molecule has 0 saturated carbocycles. The molecule has 2 aromatic carbocycles. The Labute approximate surface area is 153 Å². The van der Waals surface area contributed by atoms with Gasteiger partial charge in [0.25, 0.3) is 0 Å². The van der Waals surface area contributed by atoms with Crippen LogP contribution in [0.25, 0.3) is 5.57 Å². The molecule has 2 aromatic rings. The topological polar surface area (TPSA) is 27.7 Å². The predicted molar refractivity (Wildman–Crippen MR) is 103 cm³/mol. The van der Waals surface area contributed by atoms with Gasteiger partial charge in [0.1, 0.15) is 6.10 Å². The van der Waals surface area contributed by atoms with Crippen molar-refractivity contribution < 1.29 is 14.2 Å². The number of benzene rings is 2. The maximum Gasteiger partial charge on any atom is 0.161 e. The van der Waals surface area contributed by atoms with Gasteiger partial charge in [0.05, 0.1) is 20.5 Å². The van der Waals surface area contributed by atoms with Crippen molar-refractivity contribution in [2.75, 3.05) is 14.2 Å². The van der Waals surface area contributed by atoms with E-state index in [0.29, 0.717) is 0 Å². The van der Waals surface area contributed by atoms with Crippen LogP contribution in [0.3, 0.4) is 0 Å². The molecule has 0 radical (unpaired) electrons. The first kappa shape index (κ1) is 17.5. The molecular weight excluding hydrogens is 332 g/mol. The van der Waals surface area contributed by atoms with Crippen LogP contribution in [-0.2, 0) is 4.74 Å². The normalized spacial score (nSPS) is 17.0. The summed E-state index contributed by atoms with van der Waals surface area (Å²) in [6.07, 6.45) is 6.05. The number of methoxy groups -OCH3 is 2. The number of thioether (sulfide) groups is 1. The summed E-state index contributed by atoms with van der Waals surface area (Å²) in [7, 11) is 3.30. The molecule has 1 heterocycles. The second kappa shape index (κ2) is 8.67. The third-order valence-electron chi connectivity index (χ3n) is 4.08. The number of ether oxygens (including phenoxy) is 3. The molecule has 4 heteroatoms. The first-order valence-electron chi connectivity index (χ1n) is 8.25. The van der Waals surface area contributed by atoms with Gasteiger partial charge in [0, 0.05) is 4.90 Å². The summed E-state index contributed by atoms with van der Waals surface area (Å²) in [4.78, 5) is 1.23. The lowest BCUT2D eigenvalue weighted by Crippen LogP contribution is -2.11. The third kappa shape index (κ3) is 4.60. The summed E-state index contributed by atoms with van der Waals surface area (Å²) in [6, 6.07) is 16.3. The fourth-order valence-electron chi connectivity index (χ4n) is 2.69. The van der Waals surface area contributed by atoms with Crippen LogP contribution in [0.5, 0.6) is 11.5 Å². The number of allylic oxidation sites excluding steroid dienone is 1. The van der Waals surface area contributed by atoms with Gasteiger partial charge in [-0.25, -0.2) is 0 Å². The number of hydrogen-bond acceptors (Lipinski definition) is 4. The lowest BCUT2D eigenvalue weighted by Gasteiger charge is -2.21. The Kier molecular flexibility index (Phi) is 6.07. The Bertz CT molecular complexity index is 753. The highest BCUT2D eigenvalue weighted by Gasteiger charge is 2.15. The maximum absolute atomic E-state index is 5.88. The van der Waals surface area contributed by atoms with Gasteiger partial charge in [-0.1, -0.05) is 36.0 Å². The van der Waals surface area contributed by atoms with E-state index in [9.17, 15) is 0 Å². The summed E-state index contributed by atoms with van der Waals surface area (Å²) in [6.45, 7) is 0. The monoisotopic (exact) mass is 354 g/mol. The third-order valence-corrected chi connectivity index (χ3v) is 4.92. The summed E-state index contributed by atoms with van der Waals surface area (Å²) in [5, 5.41) is 2.11. The summed E-state index contributed by atoms with van der Waals surface area (Å²) in [5.41, 5.74) is 2.29. The summed E-state index contributed by atoms with van der Waals surface area (Å²) < 4.78 is 16.5. The fourth-order valence-corrected chi connectivity index (χ4v) is 3.41. The molecule has 3 nitrogen and oxygen atoms in total. The molecular formula is C21H22O3S. The van der Waals surface area contributed by atoms with E-state index < -0.39 is 0 Å². The highest BCUT2D eigenvalue weighted by Crippen LogP contribution is 2.34. The van der Waals surface area contributed by atoms with Crippen LogP contribution < -0.4 is 9.47 Å². The second-order valence-electron chi connectivity index (χ2n) is 5.69. The van der Waals surface area contributed by atoms with Crippen LogP contribution in [0, 0.1) is 0 Å². The van der Waals surface area contributed by atoms with Crippen molar-refractivity contribution in [2.24, 2.45) is 0 Å². The molecule has 0 saturated heterocycles. The van der Waals surface area contributed by atoms with Crippen molar-refractivity contribution in [3.05, 3.63) is 71.8 Å². The zero-order valence-corrected chi connectivity index (χ0v) is 15.3. The Balaban J connectivity index is 1.60. The standard InChI is InChI=1S/C21H22O3S/c1-22-20-11-9-16(14-21(20)23-2)17-8-10-18(24-15-17)12-13-25-19-6-4-3-5-7-19/h3-7,9,11-15,18H,8,10H2,1-2H3/b13-12-/t18-/m0/s1. The minimum Gasteiger partial charge on any atom is -0.494 e. The smallest absolute Gasteiger partial charge is 0.161 e. The number of rotatable bonds is 6. The summed E-state index contributed by atoms with van der Waals surface area (Å²) >= 11 is 1.71. The van der Waals surface area contributed by atoms with Crippen LogP contribution in [-0.4, -0.2) is 20.3 Å². The zero-order chi connectivity index (χ0) is 17.5. The molecule has 0 unspecified atom stereocenters. The highest BCUT2D eigenvalue weighted by molar-refractivity contribution is 8.02. The lowest BCUT2D eigenvalue weighted by molar-refractivity contribution is 0.169. The van der Waals surface area contributed by atoms with Crippen LogP contribution in [0.4, 0.5) is 0 Å². The second-order valence-corrected chi connectivity index (χ2v) is 6.66.